The Morgan fingerprint density at radius 3 is 2.57 bits per heavy atom. The van der Waals surface area contributed by atoms with Crippen LogP contribution in [0.25, 0.3) is 22.6 Å². The zero-order valence-corrected chi connectivity index (χ0v) is 17.0. The van der Waals surface area contributed by atoms with Crippen LogP contribution in [0.15, 0.2) is 18.3 Å². The number of aromatic nitrogens is 5. The number of nitrogens with two attached hydrogens (primary N) is 2. The summed E-state index contributed by atoms with van der Waals surface area (Å²) in [5.41, 5.74) is 13.6. The van der Waals surface area contributed by atoms with Crippen LogP contribution in [0.4, 0.5) is 22.1 Å². The summed E-state index contributed by atoms with van der Waals surface area (Å²) in [6.45, 7) is 2.65. The minimum absolute atomic E-state index is 0.000575. The first-order valence-corrected chi connectivity index (χ1v) is 10.2. The van der Waals surface area contributed by atoms with Crippen LogP contribution in [0.5, 0.6) is 0 Å². The van der Waals surface area contributed by atoms with Gasteiger partial charge in [-0.1, -0.05) is 19.3 Å². The summed E-state index contributed by atoms with van der Waals surface area (Å²) in [6.07, 6.45) is 6.75. The molecule has 0 bridgehead atoms. The quantitative estimate of drug-likeness (QED) is 0.580. The largest absolute Gasteiger partial charge is 0.465 e. The van der Waals surface area contributed by atoms with Crippen molar-refractivity contribution in [3.63, 3.8) is 0 Å². The van der Waals surface area contributed by atoms with Crippen LogP contribution >= 0.6 is 0 Å². The molecule has 0 aromatic carbocycles. The lowest BCUT2D eigenvalue weighted by Gasteiger charge is -2.21. The highest BCUT2D eigenvalue weighted by Gasteiger charge is 2.24. The molecule has 0 atom stereocenters. The zero-order valence-electron chi connectivity index (χ0n) is 17.0. The van der Waals surface area contributed by atoms with E-state index in [-0.39, 0.29) is 29.7 Å². The molecule has 1 saturated carbocycles. The average molecular weight is 410 g/mol. The Hall–Kier alpha value is -3.43. The predicted octanol–water partition coefficient (Wildman–Crippen LogP) is 3.14. The number of anilines is 3. The zero-order chi connectivity index (χ0) is 21.3. The second kappa shape index (κ2) is 8.13. The minimum Gasteiger partial charge on any atom is -0.465 e. The number of nitrogen functional groups attached to an aromatic ring is 2. The molecule has 1 fully saturated rings. The first-order chi connectivity index (χ1) is 14.5. The Morgan fingerprint density at radius 2 is 1.93 bits per heavy atom. The Kier molecular flexibility index (Phi) is 5.39. The van der Waals surface area contributed by atoms with Crippen LogP contribution in [0.2, 0.25) is 0 Å². The molecule has 0 saturated heterocycles. The molecule has 3 heterocycles. The third-order valence-corrected chi connectivity index (χ3v) is 5.63. The van der Waals surface area contributed by atoms with E-state index in [1.807, 2.05) is 16.8 Å². The fourth-order valence-electron chi connectivity index (χ4n) is 4.18. The van der Waals surface area contributed by atoms with Crippen molar-refractivity contribution in [3.8, 4) is 11.5 Å². The van der Waals surface area contributed by atoms with Crippen molar-refractivity contribution < 1.29 is 9.90 Å². The number of hydrogen-bond acceptors (Lipinski definition) is 7. The summed E-state index contributed by atoms with van der Waals surface area (Å²) in [5.74, 6) is 0.834. The molecule has 3 aromatic rings. The molecule has 10 nitrogen and oxygen atoms in total. The smallest absolute Gasteiger partial charge is 0.412 e. The van der Waals surface area contributed by atoms with Gasteiger partial charge in [-0.3, -0.25) is 4.90 Å². The number of fused-ring (bicyclic) bond motifs is 1. The second-order valence-corrected chi connectivity index (χ2v) is 7.60. The maximum absolute atomic E-state index is 11.5. The molecule has 0 spiro atoms. The van der Waals surface area contributed by atoms with Crippen molar-refractivity contribution in [2.75, 3.05) is 22.9 Å². The molecule has 4 rings (SSSR count). The molecule has 1 amide bonds. The van der Waals surface area contributed by atoms with Gasteiger partial charge >= 0.3 is 6.09 Å². The third kappa shape index (κ3) is 3.60. The van der Waals surface area contributed by atoms with Gasteiger partial charge in [-0.05, 0) is 37.8 Å². The first-order valence-electron chi connectivity index (χ1n) is 10.2. The highest BCUT2D eigenvalue weighted by molar-refractivity contribution is 5.95. The van der Waals surface area contributed by atoms with Crippen molar-refractivity contribution in [1.82, 2.24) is 24.7 Å². The predicted molar refractivity (Wildman–Crippen MR) is 115 cm³/mol. The van der Waals surface area contributed by atoms with Crippen LogP contribution in [0.1, 0.15) is 39.0 Å². The molecule has 0 unspecified atom stereocenters. The SMILES string of the molecule is CCN(C(=O)O)c1c(N)nc(-c2nn(CC3CCCCC3)c3ncccc23)nc1N. The standard InChI is InChI=1S/C20H26N8O2/c1-2-27(20(29)30)15-16(21)24-18(25-17(15)22)14-13-9-6-10-23-19(13)28(26-14)11-12-7-4-3-5-8-12/h6,9-10,12H,2-5,7-8,11H2,1H3,(H,29,30)(H4,21,22,24,25). The molecule has 1 aliphatic carbocycles. The Morgan fingerprint density at radius 1 is 1.23 bits per heavy atom. The molecular formula is C20H26N8O2. The van der Waals surface area contributed by atoms with Crippen molar-refractivity contribution in [2.45, 2.75) is 45.6 Å². The fourth-order valence-corrected chi connectivity index (χ4v) is 4.18. The van der Waals surface area contributed by atoms with E-state index in [1.165, 1.54) is 32.1 Å². The van der Waals surface area contributed by atoms with Crippen LogP contribution < -0.4 is 16.4 Å². The van der Waals surface area contributed by atoms with E-state index < -0.39 is 6.09 Å². The molecule has 1 aliphatic rings. The molecule has 5 N–H and O–H groups in total. The number of hydrogen-bond donors (Lipinski definition) is 3. The summed E-state index contributed by atoms with van der Waals surface area (Å²) in [4.78, 5) is 25.7. The first kappa shape index (κ1) is 19.9. The Labute approximate surface area is 173 Å². The highest BCUT2D eigenvalue weighted by Crippen LogP contribution is 2.33. The van der Waals surface area contributed by atoms with Crippen LogP contribution in [-0.4, -0.2) is 42.5 Å². The Bertz CT molecular complexity index is 1050. The van der Waals surface area contributed by atoms with Gasteiger partial charge in [0.2, 0.25) is 0 Å². The summed E-state index contributed by atoms with van der Waals surface area (Å²) in [6, 6.07) is 3.75. The number of rotatable bonds is 5. The lowest BCUT2D eigenvalue weighted by molar-refractivity contribution is 0.202. The number of nitrogens with zero attached hydrogens (tertiary/aromatic N) is 6. The number of pyridine rings is 1. The van der Waals surface area contributed by atoms with Gasteiger partial charge in [0.15, 0.2) is 23.1 Å². The average Bonchev–Trinajstić information content (AvgIpc) is 3.09. The van der Waals surface area contributed by atoms with Gasteiger partial charge in [0.05, 0.1) is 5.39 Å². The second-order valence-electron chi connectivity index (χ2n) is 7.60. The molecule has 3 aromatic heterocycles. The highest BCUT2D eigenvalue weighted by atomic mass is 16.4. The van der Waals surface area contributed by atoms with E-state index in [0.29, 0.717) is 11.6 Å². The lowest BCUT2D eigenvalue weighted by atomic mass is 9.89. The summed E-state index contributed by atoms with van der Waals surface area (Å²) >= 11 is 0. The molecular weight excluding hydrogens is 384 g/mol. The maximum Gasteiger partial charge on any atom is 0.412 e. The number of amides is 1. The van der Waals surface area contributed by atoms with E-state index in [0.717, 1.165) is 22.5 Å². The number of carboxylic acid groups (broad SMARTS) is 1. The summed E-state index contributed by atoms with van der Waals surface area (Å²) in [5, 5.41) is 15.0. The number of carbonyl (C=O) groups is 1. The van der Waals surface area contributed by atoms with Crippen LogP contribution in [-0.2, 0) is 6.54 Å². The molecule has 10 heteroatoms. The van der Waals surface area contributed by atoms with Gasteiger partial charge in [-0.2, -0.15) is 5.10 Å². The van der Waals surface area contributed by atoms with Gasteiger partial charge in [-0.25, -0.2) is 24.4 Å². The summed E-state index contributed by atoms with van der Waals surface area (Å²) < 4.78 is 1.92. The Balaban J connectivity index is 1.77. The van der Waals surface area contributed by atoms with Gasteiger partial charge in [0.1, 0.15) is 11.4 Å². The van der Waals surface area contributed by atoms with Crippen molar-refractivity contribution in [2.24, 2.45) is 5.92 Å². The van der Waals surface area contributed by atoms with Crippen molar-refractivity contribution in [3.05, 3.63) is 18.3 Å². The normalized spacial score (nSPS) is 14.8. The van der Waals surface area contributed by atoms with Crippen molar-refractivity contribution in [1.29, 1.82) is 0 Å². The minimum atomic E-state index is -1.17. The third-order valence-electron chi connectivity index (χ3n) is 5.63. The van der Waals surface area contributed by atoms with E-state index >= 15 is 0 Å². The van der Waals surface area contributed by atoms with E-state index in [4.69, 9.17) is 16.6 Å². The fraction of sp³-hybridized carbons (Fsp3) is 0.450. The maximum atomic E-state index is 11.5. The molecule has 0 aliphatic heterocycles. The van der Waals surface area contributed by atoms with Crippen molar-refractivity contribution >= 4 is 34.4 Å². The van der Waals surface area contributed by atoms with E-state index in [9.17, 15) is 9.90 Å². The molecule has 0 radical (unpaired) electrons. The van der Waals surface area contributed by atoms with Gasteiger partial charge in [0.25, 0.3) is 0 Å². The van der Waals surface area contributed by atoms with E-state index in [1.54, 1.807) is 13.1 Å². The monoisotopic (exact) mass is 410 g/mol. The van der Waals surface area contributed by atoms with Gasteiger partial charge in [0, 0.05) is 19.3 Å². The lowest BCUT2D eigenvalue weighted by Crippen LogP contribution is -2.31. The molecule has 30 heavy (non-hydrogen) atoms. The van der Waals surface area contributed by atoms with Gasteiger partial charge in [-0.15, -0.1) is 0 Å². The van der Waals surface area contributed by atoms with Gasteiger partial charge < -0.3 is 16.6 Å². The molecule has 158 valence electrons. The van der Waals surface area contributed by atoms with E-state index in [2.05, 4.69) is 15.0 Å². The van der Waals surface area contributed by atoms with Crippen LogP contribution in [0.3, 0.4) is 0 Å². The van der Waals surface area contributed by atoms with Crippen LogP contribution in [0, 0.1) is 5.92 Å². The summed E-state index contributed by atoms with van der Waals surface area (Å²) in [7, 11) is 0. The topological polar surface area (TPSA) is 149 Å².